The molecule has 0 spiro atoms. The average Bonchev–Trinajstić information content (AvgIpc) is 2.55. The molecule has 0 radical (unpaired) electrons. The first kappa shape index (κ1) is 14.1. The van der Waals surface area contributed by atoms with Crippen LogP contribution in [0.4, 0.5) is 0 Å². The number of hydrogen-bond acceptors (Lipinski definition) is 4. The third kappa shape index (κ3) is 2.95. The Kier molecular flexibility index (Phi) is 4.25. The van der Waals surface area contributed by atoms with E-state index in [1.807, 2.05) is 24.3 Å². The summed E-state index contributed by atoms with van der Waals surface area (Å²) < 4.78 is 11.5. The van der Waals surface area contributed by atoms with E-state index < -0.39 is 0 Å². The molecule has 0 saturated heterocycles. The highest BCUT2D eigenvalue weighted by Gasteiger charge is 2.26. The second-order valence-corrected chi connectivity index (χ2v) is 5.64. The molecule has 4 nitrogen and oxygen atoms in total. The maximum absolute atomic E-state index is 6.22. The quantitative estimate of drug-likeness (QED) is 0.938. The lowest BCUT2D eigenvalue weighted by molar-refractivity contribution is 0.0940. The van der Waals surface area contributed by atoms with Crippen LogP contribution in [0, 0.1) is 5.92 Å². The molecule has 2 unspecified atom stereocenters. The van der Waals surface area contributed by atoms with Crippen molar-refractivity contribution in [3.05, 3.63) is 30.5 Å². The predicted octanol–water partition coefficient (Wildman–Crippen LogP) is 3.14. The van der Waals surface area contributed by atoms with E-state index in [1.54, 1.807) is 13.3 Å². The summed E-state index contributed by atoms with van der Waals surface area (Å²) in [6, 6.07) is 7.96. The topological polar surface area (TPSA) is 57.4 Å². The van der Waals surface area contributed by atoms with Gasteiger partial charge in [0.1, 0.15) is 11.9 Å². The van der Waals surface area contributed by atoms with Crippen LogP contribution in [0.1, 0.15) is 25.7 Å². The van der Waals surface area contributed by atoms with E-state index in [-0.39, 0.29) is 6.10 Å². The van der Waals surface area contributed by atoms with Crippen LogP contribution in [0.15, 0.2) is 30.5 Å². The number of hydrogen-bond donors (Lipinski definition) is 1. The number of methoxy groups -OCH3 is 1. The summed E-state index contributed by atoms with van der Waals surface area (Å²) in [5.41, 5.74) is 5.89. The molecule has 21 heavy (non-hydrogen) atoms. The summed E-state index contributed by atoms with van der Waals surface area (Å²) in [7, 11) is 1.67. The van der Waals surface area contributed by atoms with Crippen LogP contribution in [-0.2, 0) is 0 Å². The highest BCUT2D eigenvalue weighted by molar-refractivity contribution is 5.87. The van der Waals surface area contributed by atoms with Gasteiger partial charge in [0.2, 0.25) is 5.88 Å². The number of benzene rings is 1. The molecule has 0 amide bonds. The van der Waals surface area contributed by atoms with Crippen molar-refractivity contribution in [2.24, 2.45) is 11.7 Å². The van der Waals surface area contributed by atoms with Gasteiger partial charge in [-0.3, -0.25) is 0 Å². The van der Waals surface area contributed by atoms with Gasteiger partial charge in [0, 0.05) is 17.5 Å². The minimum atomic E-state index is 0.174. The summed E-state index contributed by atoms with van der Waals surface area (Å²) in [4.78, 5) is 4.43. The largest absolute Gasteiger partial charge is 0.497 e. The number of fused-ring (bicyclic) bond motifs is 1. The minimum Gasteiger partial charge on any atom is -0.497 e. The van der Waals surface area contributed by atoms with Crippen LogP contribution in [0.5, 0.6) is 11.6 Å². The Bertz CT molecular complexity index is 615. The predicted molar refractivity (Wildman–Crippen MR) is 83.7 cm³/mol. The first-order chi connectivity index (χ1) is 10.3. The molecule has 4 heteroatoms. The maximum atomic E-state index is 6.22. The van der Waals surface area contributed by atoms with Gasteiger partial charge in [-0.25, -0.2) is 4.98 Å². The third-order valence-electron chi connectivity index (χ3n) is 4.34. The zero-order valence-electron chi connectivity index (χ0n) is 12.4. The fourth-order valence-electron chi connectivity index (χ4n) is 3.08. The van der Waals surface area contributed by atoms with Crippen molar-refractivity contribution in [2.75, 3.05) is 13.7 Å². The maximum Gasteiger partial charge on any atom is 0.221 e. The molecule has 0 bridgehead atoms. The lowest BCUT2D eigenvalue weighted by Gasteiger charge is -2.30. The van der Waals surface area contributed by atoms with Crippen molar-refractivity contribution < 1.29 is 9.47 Å². The SMILES string of the molecule is COc1ccc2ccnc(OC3CCCCC3CN)c2c1. The van der Waals surface area contributed by atoms with E-state index in [2.05, 4.69) is 4.98 Å². The van der Waals surface area contributed by atoms with Crippen molar-refractivity contribution in [1.82, 2.24) is 4.98 Å². The number of ether oxygens (including phenoxy) is 2. The molecule has 0 aliphatic heterocycles. The third-order valence-corrected chi connectivity index (χ3v) is 4.34. The number of pyridine rings is 1. The smallest absolute Gasteiger partial charge is 0.221 e. The zero-order chi connectivity index (χ0) is 14.7. The molecule has 112 valence electrons. The Morgan fingerprint density at radius 1 is 1.24 bits per heavy atom. The van der Waals surface area contributed by atoms with Crippen LogP contribution >= 0.6 is 0 Å². The summed E-state index contributed by atoms with van der Waals surface area (Å²) in [6.07, 6.45) is 6.63. The highest BCUT2D eigenvalue weighted by atomic mass is 16.5. The minimum absolute atomic E-state index is 0.174. The molecular formula is C17H22N2O2. The van der Waals surface area contributed by atoms with Crippen molar-refractivity contribution in [2.45, 2.75) is 31.8 Å². The first-order valence-corrected chi connectivity index (χ1v) is 7.61. The van der Waals surface area contributed by atoms with Crippen LogP contribution in [-0.4, -0.2) is 24.7 Å². The van der Waals surface area contributed by atoms with Gasteiger partial charge in [-0.2, -0.15) is 0 Å². The molecule has 2 aromatic rings. The summed E-state index contributed by atoms with van der Waals surface area (Å²) >= 11 is 0. The molecule has 1 heterocycles. The first-order valence-electron chi connectivity index (χ1n) is 7.61. The van der Waals surface area contributed by atoms with Gasteiger partial charge in [-0.1, -0.05) is 12.5 Å². The summed E-state index contributed by atoms with van der Waals surface area (Å²) in [5.74, 6) is 1.94. The highest BCUT2D eigenvalue weighted by Crippen LogP contribution is 2.32. The fourth-order valence-corrected chi connectivity index (χ4v) is 3.08. The zero-order valence-corrected chi connectivity index (χ0v) is 12.4. The van der Waals surface area contributed by atoms with E-state index in [9.17, 15) is 0 Å². The van der Waals surface area contributed by atoms with Gasteiger partial charge in [0.05, 0.1) is 7.11 Å². The van der Waals surface area contributed by atoms with E-state index in [0.717, 1.165) is 29.4 Å². The lowest BCUT2D eigenvalue weighted by atomic mass is 9.86. The van der Waals surface area contributed by atoms with E-state index in [0.29, 0.717) is 18.3 Å². The Morgan fingerprint density at radius 3 is 2.90 bits per heavy atom. The second-order valence-electron chi connectivity index (χ2n) is 5.64. The molecule has 1 fully saturated rings. The van der Waals surface area contributed by atoms with Crippen molar-refractivity contribution >= 4 is 10.8 Å². The van der Waals surface area contributed by atoms with Gasteiger partial charge in [-0.05, 0) is 49.4 Å². The normalized spacial score (nSPS) is 22.2. The molecule has 1 aromatic heterocycles. The Labute approximate surface area is 125 Å². The van der Waals surface area contributed by atoms with Crippen molar-refractivity contribution in [3.63, 3.8) is 0 Å². The van der Waals surface area contributed by atoms with Crippen molar-refractivity contribution in [1.29, 1.82) is 0 Å². The molecule has 2 N–H and O–H groups in total. The number of nitrogens with zero attached hydrogens (tertiary/aromatic N) is 1. The number of aromatic nitrogens is 1. The molecule has 2 atom stereocenters. The average molecular weight is 286 g/mol. The van der Waals surface area contributed by atoms with Gasteiger partial charge >= 0.3 is 0 Å². The van der Waals surface area contributed by atoms with Gasteiger partial charge in [0.25, 0.3) is 0 Å². The van der Waals surface area contributed by atoms with Crippen LogP contribution in [0.25, 0.3) is 10.8 Å². The van der Waals surface area contributed by atoms with Gasteiger partial charge in [0.15, 0.2) is 0 Å². The van der Waals surface area contributed by atoms with E-state index in [1.165, 1.54) is 12.8 Å². The molecule has 1 aromatic carbocycles. The molecule has 1 aliphatic rings. The Morgan fingerprint density at radius 2 is 2.10 bits per heavy atom. The summed E-state index contributed by atoms with van der Waals surface area (Å²) in [5, 5.41) is 2.11. The monoisotopic (exact) mass is 286 g/mol. The molecular weight excluding hydrogens is 264 g/mol. The van der Waals surface area contributed by atoms with Crippen LogP contribution < -0.4 is 15.2 Å². The Balaban J connectivity index is 1.92. The van der Waals surface area contributed by atoms with Gasteiger partial charge < -0.3 is 15.2 Å². The van der Waals surface area contributed by atoms with E-state index >= 15 is 0 Å². The standard InChI is InChI=1S/C17H22N2O2/c1-20-14-7-6-12-8-9-19-17(15(12)10-14)21-16-5-3-2-4-13(16)11-18/h6-10,13,16H,2-5,11,18H2,1H3. The van der Waals surface area contributed by atoms with Crippen LogP contribution in [0.2, 0.25) is 0 Å². The summed E-state index contributed by atoms with van der Waals surface area (Å²) in [6.45, 7) is 0.679. The van der Waals surface area contributed by atoms with Gasteiger partial charge in [-0.15, -0.1) is 0 Å². The lowest BCUT2D eigenvalue weighted by Crippen LogP contribution is -2.35. The van der Waals surface area contributed by atoms with Crippen molar-refractivity contribution in [3.8, 4) is 11.6 Å². The van der Waals surface area contributed by atoms with Crippen LogP contribution in [0.3, 0.4) is 0 Å². The van der Waals surface area contributed by atoms with E-state index in [4.69, 9.17) is 15.2 Å². The second kappa shape index (κ2) is 6.31. The molecule has 3 rings (SSSR count). The Hall–Kier alpha value is -1.81. The molecule has 1 saturated carbocycles. The molecule has 1 aliphatic carbocycles. The number of nitrogens with two attached hydrogens (primary N) is 1. The fraction of sp³-hybridized carbons (Fsp3) is 0.471. The number of rotatable bonds is 4.